The highest BCUT2D eigenvalue weighted by molar-refractivity contribution is 7.86. The number of halogens is 1. The second kappa shape index (κ2) is 10.4. The number of Topliss-reactive ketones (excluding diaryl/α,β-unsaturated/α-hetero) is 1. The van der Waals surface area contributed by atoms with Gasteiger partial charge < -0.3 is 9.32 Å². The van der Waals surface area contributed by atoms with Crippen LogP contribution in [0.5, 0.6) is 0 Å². The molecule has 1 aromatic carbocycles. The Balaban J connectivity index is 1.46. The molecule has 10 nitrogen and oxygen atoms in total. The molecule has 202 valence electrons. The maximum absolute atomic E-state index is 16.1. The Bertz CT molecular complexity index is 1450. The van der Waals surface area contributed by atoms with Gasteiger partial charge in [0, 0.05) is 33.2 Å². The molecule has 5 rings (SSSR count). The zero-order valence-electron chi connectivity index (χ0n) is 21.3. The van der Waals surface area contributed by atoms with Crippen LogP contribution in [-0.2, 0) is 21.5 Å². The Morgan fingerprint density at radius 1 is 1.16 bits per heavy atom. The SMILES string of the molecule is Cc1cc(C(=O)n2nc(C3CCN(S(=O)(=O)N4CCCC4)CC3=O)c(F)c2N(C)Cc2ccccc2)co1. The topological polar surface area (TPSA) is 109 Å². The van der Waals surface area contributed by atoms with Crippen LogP contribution in [0, 0.1) is 12.7 Å². The number of piperidine rings is 1. The van der Waals surface area contributed by atoms with Crippen LogP contribution >= 0.6 is 0 Å². The summed E-state index contributed by atoms with van der Waals surface area (Å²) in [6.07, 6.45) is 2.93. The fraction of sp³-hybridized carbons (Fsp3) is 0.423. The monoisotopic (exact) mass is 543 g/mol. The molecule has 12 heteroatoms. The number of hydrogen-bond acceptors (Lipinski definition) is 7. The molecule has 0 saturated carbocycles. The molecular weight excluding hydrogens is 513 g/mol. The van der Waals surface area contributed by atoms with E-state index >= 15 is 4.39 Å². The largest absolute Gasteiger partial charge is 0.469 e. The molecule has 2 aliphatic rings. The highest BCUT2D eigenvalue weighted by atomic mass is 32.2. The van der Waals surface area contributed by atoms with Gasteiger partial charge in [0.25, 0.3) is 16.1 Å². The number of furan rings is 1. The number of nitrogens with zero attached hydrogens (tertiary/aromatic N) is 5. The van der Waals surface area contributed by atoms with Gasteiger partial charge in [-0.3, -0.25) is 9.59 Å². The lowest BCUT2D eigenvalue weighted by molar-refractivity contribution is -0.122. The van der Waals surface area contributed by atoms with Crippen molar-refractivity contribution in [1.82, 2.24) is 18.4 Å². The summed E-state index contributed by atoms with van der Waals surface area (Å²) in [6, 6.07) is 10.9. The van der Waals surface area contributed by atoms with Gasteiger partial charge in [-0.2, -0.15) is 26.8 Å². The van der Waals surface area contributed by atoms with Gasteiger partial charge in [-0.15, -0.1) is 0 Å². The van der Waals surface area contributed by atoms with Crippen molar-refractivity contribution in [2.24, 2.45) is 0 Å². The van der Waals surface area contributed by atoms with Crippen LogP contribution in [0.3, 0.4) is 0 Å². The van der Waals surface area contributed by atoms with Crippen molar-refractivity contribution in [2.75, 3.05) is 38.1 Å². The van der Waals surface area contributed by atoms with Crippen molar-refractivity contribution in [3.63, 3.8) is 0 Å². The van der Waals surface area contributed by atoms with Gasteiger partial charge >= 0.3 is 0 Å². The smallest absolute Gasteiger partial charge is 0.283 e. The van der Waals surface area contributed by atoms with Crippen LogP contribution < -0.4 is 4.90 Å². The van der Waals surface area contributed by atoms with Crippen molar-refractivity contribution < 1.29 is 26.8 Å². The van der Waals surface area contributed by atoms with Crippen LogP contribution in [0.1, 0.15) is 52.6 Å². The van der Waals surface area contributed by atoms with Crippen LogP contribution in [0.2, 0.25) is 0 Å². The average molecular weight is 544 g/mol. The van der Waals surface area contributed by atoms with E-state index in [-0.39, 0.29) is 36.6 Å². The standard InChI is InChI=1S/C26H30FN5O5S/c1-18-14-20(17-37-18)26(34)32-25(29(2)15-19-8-4-3-5-9-19)23(27)24(28-32)21-10-13-31(16-22(21)33)38(35,36)30-11-6-7-12-30/h3-5,8-9,14,17,21H,6-7,10-13,15-16H2,1-2H3. The minimum Gasteiger partial charge on any atom is -0.469 e. The molecule has 0 N–H and O–H groups in total. The van der Waals surface area contributed by atoms with E-state index in [1.165, 1.54) is 16.6 Å². The molecule has 1 atom stereocenters. The van der Waals surface area contributed by atoms with E-state index in [1.807, 2.05) is 30.3 Å². The number of carbonyl (C=O) groups is 2. The summed E-state index contributed by atoms with van der Waals surface area (Å²) >= 11 is 0. The van der Waals surface area contributed by atoms with E-state index in [9.17, 15) is 18.0 Å². The molecule has 38 heavy (non-hydrogen) atoms. The third kappa shape index (κ3) is 4.91. The molecule has 0 aliphatic carbocycles. The minimum atomic E-state index is -3.75. The molecular formula is C26H30FN5O5S. The molecule has 2 aromatic heterocycles. The Labute approximate surface area is 220 Å². The number of aryl methyl sites for hydroxylation is 1. The maximum Gasteiger partial charge on any atom is 0.283 e. The summed E-state index contributed by atoms with van der Waals surface area (Å²) < 4.78 is 50.8. The van der Waals surface area contributed by atoms with Crippen molar-refractivity contribution in [1.29, 1.82) is 0 Å². The van der Waals surface area contributed by atoms with E-state index in [0.717, 1.165) is 27.4 Å². The number of anilines is 1. The fourth-order valence-corrected chi connectivity index (χ4v) is 6.75. The molecule has 4 heterocycles. The first-order valence-corrected chi connectivity index (χ1v) is 14.0. The summed E-state index contributed by atoms with van der Waals surface area (Å²) in [4.78, 5) is 28.1. The first kappa shape index (κ1) is 26.3. The summed E-state index contributed by atoms with van der Waals surface area (Å²) in [6.45, 7) is 2.55. The zero-order valence-corrected chi connectivity index (χ0v) is 22.2. The quantitative estimate of drug-likeness (QED) is 0.451. The normalized spacial score (nSPS) is 19.2. The van der Waals surface area contributed by atoms with Gasteiger partial charge in [0.2, 0.25) is 0 Å². The van der Waals surface area contributed by atoms with Gasteiger partial charge in [-0.05, 0) is 37.8 Å². The van der Waals surface area contributed by atoms with Gasteiger partial charge in [0.05, 0.1) is 18.0 Å². The van der Waals surface area contributed by atoms with Gasteiger partial charge in [0.1, 0.15) is 17.7 Å². The first-order valence-electron chi connectivity index (χ1n) is 12.6. The van der Waals surface area contributed by atoms with E-state index < -0.39 is 33.6 Å². The zero-order chi connectivity index (χ0) is 27.0. The Morgan fingerprint density at radius 2 is 1.87 bits per heavy atom. The van der Waals surface area contributed by atoms with Gasteiger partial charge in [-0.1, -0.05) is 30.3 Å². The Kier molecular flexibility index (Phi) is 7.21. The molecule has 0 radical (unpaired) electrons. The van der Waals surface area contributed by atoms with Crippen molar-refractivity contribution in [3.8, 4) is 0 Å². The molecule has 0 spiro atoms. The second-order valence-electron chi connectivity index (χ2n) is 9.78. The van der Waals surface area contributed by atoms with Gasteiger partial charge in [0.15, 0.2) is 17.4 Å². The maximum atomic E-state index is 16.1. The van der Waals surface area contributed by atoms with Crippen molar-refractivity contribution in [3.05, 3.63) is 71.1 Å². The molecule has 3 aromatic rings. The molecule has 2 aliphatic heterocycles. The summed E-state index contributed by atoms with van der Waals surface area (Å²) in [5.41, 5.74) is 0.937. The van der Waals surface area contributed by atoms with Crippen LogP contribution in [-0.4, -0.2) is 71.7 Å². The third-order valence-corrected chi connectivity index (χ3v) is 9.04. The number of ketones is 1. The van der Waals surface area contributed by atoms with E-state index in [0.29, 0.717) is 25.4 Å². The lowest BCUT2D eigenvalue weighted by Crippen LogP contribution is -2.49. The van der Waals surface area contributed by atoms with E-state index in [4.69, 9.17) is 4.42 Å². The second-order valence-corrected chi connectivity index (χ2v) is 11.7. The van der Waals surface area contributed by atoms with Gasteiger partial charge in [-0.25, -0.2) is 4.39 Å². The minimum absolute atomic E-state index is 0.0611. The number of rotatable bonds is 7. The predicted molar refractivity (Wildman–Crippen MR) is 138 cm³/mol. The number of aromatic nitrogens is 2. The lowest BCUT2D eigenvalue weighted by Gasteiger charge is -2.32. The number of hydrogen-bond donors (Lipinski definition) is 0. The highest BCUT2D eigenvalue weighted by Crippen LogP contribution is 2.34. The van der Waals surface area contributed by atoms with Crippen molar-refractivity contribution in [2.45, 2.75) is 38.6 Å². The summed E-state index contributed by atoms with van der Waals surface area (Å²) in [7, 11) is -2.11. The molecule has 0 amide bonds. The van der Waals surface area contributed by atoms with Crippen LogP contribution in [0.15, 0.2) is 47.1 Å². The summed E-state index contributed by atoms with van der Waals surface area (Å²) in [5.74, 6) is -2.35. The molecule has 2 saturated heterocycles. The van der Waals surface area contributed by atoms with Crippen molar-refractivity contribution >= 4 is 27.7 Å². The van der Waals surface area contributed by atoms with Crippen LogP contribution in [0.4, 0.5) is 10.2 Å². The lowest BCUT2D eigenvalue weighted by atomic mass is 9.93. The van der Waals surface area contributed by atoms with E-state index in [2.05, 4.69) is 5.10 Å². The Morgan fingerprint density at radius 3 is 2.50 bits per heavy atom. The van der Waals surface area contributed by atoms with E-state index in [1.54, 1.807) is 18.9 Å². The highest BCUT2D eigenvalue weighted by Gasteiger charge is 2.41. The average Bonchev–Trinajstić information content (AvgIpc) is 3.65. The molecule has 2 fully saturated rings. The Hall–Kier alpha value is -3.35. The number of benzene rings is 1. The first-order chi connectivity index (χ1) is 18.2. The molecule has 1 unspecified atom stereocenters. The van der Waals surface area contributed by atoms with Crippen LogP contribution in [0.25, 0.3) is 0 Å². The summed E-state index contributed by atoms with van der Waals surface area (Å²) in [5, 5.41) is 4.31. The number of carbonyl (C=O) groups excluding carboxylic acids is 2. The molecule has 0 bridgehead atoms. The third-order valence-electron chi connectivity index (χ3n) is 7.06. The fourth-order valence-electron chi connectivity index (χ4n) is 5.08. The predicted octanol–water partition coefficient (Wildman–Crippen LogP) is 2.95.